The van der Waals surface area contributed by atoms with Crippen LogP contribution in [0.3, 0.4) is 0 Å². The zero-order chi connectivity index (χ0) is 12.7. The van der Waals surface area contributed by atoms with E-state index in [9.17, 15) is 4.79 Å². The van der Waals surface area contributed by atoms with E-state index >= 15 is 0 Å². The number of carbonyl (C=O) groups is 1. The van der Waals surface area contributed by atoms with E-state index in [1.807, 2.05) is 11.8 Å². The molecule has 18 heavy (non-hydrogen) atoms. The second kappa shape index (κ2) is 4.31. The lowest BCUT2D eigenvalue weighted by atomic mass is 9.99. The Bertz CT molecular complexity index is 581. The van der Waals surface area contributed by atoms with Gasteiger partial charge >= 0.3 is 0 Å². The number of hydrogen-bond acceptors (Lipinski definition) is 5. The lowest BCUT2D eigenvalue weighted by molar-refractivity contribution is 0.0695. The molecule has 3 rings (SSSR count). The van der Waals surface area contributed by atoms with E-state index in [0.717, 1.165) is 25.9 Å². The monoisotopic (exact) mass is 265 g/mol. The zero-order valence-corrected chi connectivity index (χ0v) is 11.3. The van der Waals surface area contributed by atoms with Crippen molar-refractivity contribution in [2.24, 2.45) is 5.92 Å². The number of amides is 1. The number of piperidine rings is 1. The first-order valence-electron chi connectivity index (χ1n) is 6.13. The highest BCUT2D eigenvalue weighted by atomic mass is 32.1. The van der Waals surface area contributed by atoms with Crippen molar-refractivity contribution in [2.75, 3.05) is 13.1 Å². The number of hydrogen-bond donors (Lipinski definition) is 0. The van der Waals surface area contributed by atoms with Crippen LogP contribution < -0.4 is 0 Å². The third-order valence-electron chi connectivity index (χ3n) is 3.40. The summed E-state index contributed by atoms with van der Waals surface area (Å²) < 4.78 is 1.63. The molecule has 7 heteroatoms. The maximum atomic E-state index is 12.3. The Kier molecular flexibility index (Phi) is 2.77. The van der Waals surface area contributed by atoms with Gasteiger partial charge in [0, 0.05) is 13.1 Å². The highest BCUT2D eigenvalue weighted by molar-refractivity contribution is 7.18. The highest BCUT2D eigenvalue weighted by Crippen LogP contribution is 2.20. The smallest absolute Gasteiger partial charge is 0.284 e. The summed E-state index contributed by atoms with van der Waals surface area (Å²) in [6.45, 7) is 5.73. The van der Waals surface area contributed by atoms with Crippen molar-refractivity contribution < 1.29 is 4.79 Å². The fourth-order valence-electron chi connectivity index (χ4n) is 2.15. The first-order chi connectivity index (χ1) is 8.65. The van der Waals surface area contributed by atoms with Crippen molar-refractivity contribution in [1.29, 1.82) is 0 Å². The van der Waals surface area contributed by atoms with Crippen LogP contribution in [0.25, 0.3) is 4.96 Å². The second-order valence-electron chi connectivity index (χ2n) is 4.82. The maximum absolute atomic E-state index is 12.3. The molecular weight excluding hydrogens is 250 g/mol. The van der Waals surface area contributed by atoms with Crippen molar-refractivity contribution in [3.05, 3.63) is 10.8 Å². The SMILES string of the molecule is Cc1nnc2sc(C(=O)N3CCC(C)CC3)nn12. The molecule has 1 aliphatic heterocycles. The lowest BCUT2D eigenvalue weighted by Crippen LogP contribution is -2.37. The average molecular weight is 265 g/mol. The van der Waals surface area contributed by atoms with E-state index in [-0.39, 0.29) is 5.91 Å². The number of fused-ring (bicyclic) bond motifs is 1. The van der Waals surface area contributed by atoms with Crippen LogP contribution in [-0.4, -0.2) is 43.7 Å². The van der Waals surface area contributed by atoms with Gasteiger partial charge < -0.3 is 4.90 Å². The van der Waals surface area contributed by atoms with E-state index in [4.69, 9.17) is 0 Å². The van der Waals surface area contributed by atoms with E-state index < -0.39 is 0 Å². The molecule has 0 unspecified atom stereocenters. The van der Waals surface area contributed by atoms with Crippen LogP contribution in [0, 0.1) is 12.8 Å². The molecule has 6 nitrogen and oxygen atoms in total. The normalized spacial score (nSPS) is 17.6. The third kappa shape index (κ3) is 1.88. The van der Waals surface area contributed by atoms with Gasteiger partial charge in [-0.1, -0.05) is 18.3 Å². The molecule has 96 valence electrons. The van der Waals surface area contributed by atoms with Gasteiger partial charge in [-0.25, -0.2) is 0 Å². The minimum absolute atomic E-state index is 0.0248. The maximum Gasteiger partial charge on any atom is 0.284 e. The Hall–Kier alpha value is -1.50. The molecule has 3 heterocycles. The molecule has 2 aromatic rings. The molecule has 2 aromatic heterocycles. The molecule has 0 N–H and O–H groups in total. The minimum Gasteiger partial charge on any atom is -0.337 e. The van der Waals surface area contributed by atoms with E-state index in [2.05, 4.69) is 22.2 Å². The Morgan fingerprint density at radius 3 is 2.72 bits per heavy atom. The summed E-state index contributed by atoms with van der Waals surface area (Å²) in [6, 6.07) is 0. The van der Waals surface area contributed by atoms with Gasteiger partial charge in [0.2, 0.25) is 9.97 Å². The molecule has 0 spiro atoms. The number of likely N-dealkylation sites (tertiary alicyclic amines) is 1. The first kappa shape index (κ1) is 11.6. The van der Waals surface area contributed by atoms with Crippen LogP contribution in [-0.2, 0) is 0 Å². The molecule has 0 saturated carbocycles. The summed E-state index contributed by atoms with van der Waals surface area (Å²) in [4.78, 5) is 14.9. The molecule has 0 aliphatic carbocycles. The summed E-state index contributed by atoms with van der Waals surface area (Å²) in [5, 5.41) is 12.7. The van der Waals surface area contributed by atoms with Gasteiger partial charge in [0.25, 0.3) is 5.91 Å². The van der Waals surface area contributed by atoms with Crippen LogP contribution in [0.5, 0.6) is 0 Å². The standard InChI is InChI=1S/C11H15N5OS/c1-7-3-5-15(6-4-7)10(17)9-14-16-8(2)12-13-11(16)18-9/h7H,3-6H2,1-2H3. The van der Waals surface area contributed by atoms with Gasteiger partial charge in [0.05, 0.1) is 0 Å². The molecule has 1 aliphatic rings. The zero-order valence-electron chi connectivity index (χ0n) is 10.5. The summed E-state index contributed by atoms with van der Waals surface area (Å²) in [6.07, 6.45) is 2.16. The third-order valence-corrected chi connectivity index (χ3v) is 4.29. The molecule has 1 fully saturated rings. The van der Waals surface area contributed by atoms with Gasteiger partial charge in [-0.2, -0.15) is 4.52 Å². The Balaban J connectivity index is 1.83. The van der Waals surface area contributed by atoms with Crippen molar-refractivity contribution in [3.8, 4) is 0 Å². The number of carbonyl (C=O) groups excluding carboxylic acids is 1. The van der Waals surface area contributed by atoms with E-state index in [1.165, 1.54) is 11.3 Å². The number of rotatable bonds is 1. The predicted octanol–water partition coefficient (Wildman–Crippen LogP) is 1.37. The van der Waals surface area contributed by atoms with Gasteiger partial charge in [0.1, 0.15) is 0 Å². The van der Waals surface area contributed by atoms with Gasteiger partial charge in [-0.3, -0.25) is 4.79 Å². The van der Waals surface area contributed by atoms with Crippen molar-refractivity contribution >= 4 is 22.2 Å². The lowest BCUT2D eigenvalue weighted by Gasteiger charge is -2.29. The van der Waals surface area contributed by atoms with Gasteiger partial charge in [0.15, 0.2) is 5.82 Å². The highest BCUT2D eigenvalue weighted by Gasteiger charge is 2.24. The molecule has 0 aromatic carbocycles. The average Bonchev–Trinajstić information content (AvgIpc) is 2.92. The molecular formula is C11H15N5OS. The molecule has 1 saturated heterocycles. The largest absolute Gasteiger partial charge is 0.337 e. The molecule has 0 bridgehead atoms. The number of nitrogens with zero attached hydrogens (tertiary/aromatic N) is 5. The molecule has 0 radical (unpaired) electrons. The van der Waals surface area contributed by atoms with E-state index in [0.29, 0.717) is 21.7 Å². The van der Waals surface area contributed by atoms with Crippen LogP contribution in [0.2, 0.25) is 0 Å². The summed E-state index contributed by atoms with van der Waals surface area (Å²) in [5.41, 5.74) is 0. The van der Waals surface area contributed by atoms with Crippen molar-refractivity contribution in [3.63, 3.8) is 0 Å². The van der Waals surface area contributed by atoms with Crippen LogP contribution in [0.15, 0.2) is 0 Å². The Labute approximate surface area is 109 Å². The summed E-state index contributed by atoms with van der Waals surface area (Å²) in [7, 11) is 0. The first-order valence-corrected chi connectivity index (χ1v) is 6.95. The fourth-order valence-corrected chi connectivity index (χ4v) is 3.00. The summed E-state index contributed by atoms with van der Waals surface area (Å²) in [5.74, 6) is 1.46. The number of aryl methyl sites for hydroxylation is 1. The fraction of sp³-hybridized carbons (Fsp3) is 0.636. The molecule has 1 amide bonds. The Morgan fingerprint density at radius 1 is 1.33 bits per heavy atom. The Morgan fingerprint density at radius 2 is 2.06 bits per heavy atom. The van der Waals surface area contributed by atoms with Crippen LogP contribution in [0.1, 0.15) is 35.4 Å². The van der Waals surface area contributed by atoms with E-state index in [1.54, 1.807) is 4.52 Å². The second-order valence-corrected chi connectivity index (χ2v) is 5.78. The van der Waals surface area contributed by atoms with Crippen LogP contribution in [0.4, 0.5) is 0 Å². The number of aromatic nitrogens is 4. The van der Waals surface area contributed by atoms with Crippen molar-refractivity contribution in [1.82, 2.24) is 24.7 Å². The quantitative estimate of drug-likeness (QED) is 0.781. The van der Waals surface area contributed by atoms with Gasteiger partial charge in [-0.15, -0.1) is 15.3 Å². The minimum atomic E-state index is 0.0248. The van der Waals surface area contributed by atoms with Gasteiger partial charge in [-0.05, 0) is 25.7 Å². The molecule has 0 atom stereocenters. The predicted molar refractivity (Wildman–Crippen MR) is 67.7 cm³/mol. The van der Waals surface area contributed by atoms with Crippen molar-refractivity contribution in [2.45, 2.75) is 26.7 Å². The topological polar surface area (TPSA) is 63.4 Å². The van der Waals surface area contributed by atoms with Crippen LogP contribution >= 0.6 is 11.3 Å². The summed E-state index contributed by atoms with van der Waals surface area (Å²) >= 11 is 1.31.